The number of benzene rings is 1. The highest BCUT2D eigenvalue weighted by molar-refractivity contribution is 7.92. The van der Waals surface area contributed by atoms with Crippen LogP contribution in [0.25, 0.3) is 0 Å². The number of aryl methyl sites for hydroxylation is 1. The molecule has 3 rings (SSSR count). The largest absolute Gasteiger partial charge is 0.478 e. The summed E-state index contributed by atoms with van der Waals surface area (Å²) in [6.07, 6.45) is 2.16. The van der Waals surface area contributed by atoms with E-state index in [2.05, 4.69) is 5.32 Å². The first-order valence-electron chi connectivity index (χ1n) is 7.90. The minimum absolute atomic E-state index is 0.175. The lowest BCUT2D eigenvalue weighted by atomic mass is 10.2. The van der Waals surface area contributed by atoms with E-state index in [1.807, 2.05) is 13.0 Å². The van der Waals surface area contributed by atoms with Crippen LogP contribution >= 0.6 is 0 Å². The Balaban J connectivity index is 1.81. The Morgan fingerprint density at radius 1 is 1.36 bits per heavy atom. The number of fused-ring (bicyclic) bond motifs is 1. The molecule has 2 aromatic rings. The van der Waals surface area contributed by atoms with Crippen LogP contribution in [0.1, 0.15) is 17.7 Å². The molecular formula is C17H20N2O5S. The fourth-order valence-corrected chi connectivity index (χ4v) is 3.66. The number of hydrogen-bond donors (Lipinski definition) is 1. The molecule has 7 nitrogen and oxygen atoms in total. The van der Waals surface area contributed by atoms with Crippen LogP contribution in [-0.4, -0.2) is 33.2 Å². The lowest BCUT2D eigenvalue weighted by Crippen LogP contribution is -2.39. The predicted molar refractivity (Wildman–Crippen MR) is 93.0 cm³/mol. The van der Waals surface area contributed by atoms with Gasteiger partial charge in [-0.25, -0.2) is 8.42 Å². The van der Waals surface area contributed by atoms with Gasteiger partial charge in [-0.1, -0.05) is 6.07 Å². The molecule has 1 amide bonds. The van der Waals surface area contributed by atoms with Crippen LogP contribution in [0.3, 0.4) is 0 Å². The van der Waals surface area contributed by atoms with Crippen LogP contribution in [0.2, 0.25) is 0 Å². The summed E-state index contributed by atoms with van der Waals surface area (Å²) in [5.74, 6) is 0.709. The van der Waals surface area contributed by atoms with E-state index < -0.39 is 16.1 Å². The van der Waals surface area contributed by atoms with Gasteiger partial charge >= 0.3 is 0 Å². The van der Waals surface area contributed by atoms with E-state index in [9.17, 15) is 13.2 Å². The van der Waals surface area contributed by atoms with Gasteiger partial charge in [-0.15, -0.1) is 0 Å². The summed E-state index contributed by atoms with van der Waals surface area (Å²) in [5, 5.41) is 2.75. The van der Waals surface area contributed by atoms with Gasteiger partial charge in [-0.05, 0) is 36.8 Å². The van der Waals surface area contributed by atoms with Crippen LogP contribution in [0, 0.1) is 6.92 Å². The Labute approximate surface area is 146 Å². The van der Waals surface area contributed by atoms with Gasteiger partial charge < -0.3 is 14.5 Å². The standard InChI is InChI=1S/C17H20N2O5S/c1-12-5-6-15-14(10-12)19(25(2,21)22)8-7-16(24-15)17(20)18-11-13-4-3-9-23-13/h3-6,9-10,16H,7-8,11H2,1-2H3,(H,18,20)/t16-/m1/s1. The maximum absolute atomic E-state index is 12.4. The number of furan rings is 1. The first kappa shape index (κ1) is 17.3. The Morgan fingerprint density at radius 2 is 2.16 bits per heavy atom. The van der Waals surface area contributed by atoms with Crippen LogP contribution in [0.5, 0.6) is 5.75 Å². The average molecular weight is 364 g/mol. The molecule has 134 valence electrons. The van der Waals surface area contributed by atoms with Crippen molar-refractivity contribution in [2.75, 3.05) is 17.1 Å². The zero-order valence-corrected chi connectivity index (χ0v) is 14.9. The summed E-state index contributed by atoms with van der Waals surface area (Å²) >= 11 is 0. The number of sulfonamides is 1. The molecule has 25 heavy (non-hydrogen) atoms. The van der Waals surface area contributed by atoms with Crippen molar-refractivity contribution in [1.29, 1.82) is 0 Å². The SMILES string of the molecule is Cc1ccc2c(c1)N(S(C)(=O)=O)CC[C@H](C(=O)NCc1ccco1)O2. The number of nitrogens with one attached hydrogen (secondary N) is 1. The number of nitrogens with zero attached hydrogens (tertiary/aromatic N) is 1. The van der Waals surface area contributed by atoms with E-state index >= 15 is 0 Å². The molecule has 2 heterocycles. The quantitative estimate of drug-likeness (QED) is 0.894. The van der Waals surface area contributed by atoms with Gasteiger partial charge in [0, 0.05) is 13.0 Å². The van der Waals surface area contributed by atoms with E-state index in [0.717, 1.165) is 11.8 Å². The van der Waals surface area contributed by atoms with Crippen molar-refractivity contribution in [3.8, 4) is 5.75 Å². The van der Waals surface area contributed by atoms with E-state index in [-0.39, 0.29) is 25.4 Å². The Kier molecular flexibility index (Phi) is 4.71. The zero-order chi connectivity index (χ0) is 18.0. The predicted octanol–water partition coefficient (Wildman–Crippen LogP) is 1.82. The minimum atomic E-state index is -3.47. The van der Waals surface area contributed by atoms with Crippen LogP contribution in [0.15, 0.2) is 41.0 Å². The minimum Gasteiger partial charge on any atom is -0.478 e. The lowest BCUT2D eigenvalue weighted by Gasteiger charge is -2.21. The molecule has 1 atom stereocenters. The summed E-state index contributed by atoms with van der Waals surface area (Å²) in [7, 11) is -3.47. The number of carbonyl (C=O) groups is 1. The third-order valence-electron chi connectivity index (χ3n) is 3.96. The fraction of sp³-hybridized carbons (Fsp3) is 0.353. The molecule has 0 fully saturated rings. The smallest absolute Gasteiger partial charge is 0.261 e. The Hall–Kier alpha value is -2.48. The molecule has 1 aromatic heterocycles. The summed E-state index contributed by atoms with van der Waals surface area (Å²) < 4.78 is 36.5. The summed E-state index contributed by atoms with van der Waals surface area (Å²) in [5.41, 5.74) is 1.38. The first-order valence-corrected chi connectivity index (χ1v) is 9.74. The van der Waals surface area contributed by atoms with E-state index in [1.165, 1.54) is 10.6 Å². The summed E-state index contributed by atoms with van der Waals surface area (Å²) in [4.78, 5) is 12.4. The van der Waals surface area contributed by atoms with Crippen molar-refractivity contribution in [3.63, 3.8) is 0 Å². The molecule has 0 unspecified atom stereocenters. The van der Waals surface area contributed by atoms with Gasteiger partial charge in [0.1, 0.15) is 11.5 Å². The van der Waals surface area contributed by atoms with Crippen molar-refractivity contribution in [2.45, 2.75) is 26.0 Å². The van der Waals surface area contributed by atoms with Gasteiger partial charge in [0.25, 0.3) is 5.91 Å². The van der Waals surface area contributed by atoms with Crippen LogP contribution in [-0.2, 0) is 21.4 Å². The number of carbonyl (C=O) groups excluding carboxylic acids is 1. The monoisotopic (exact) mass is 364 g/mol. The van der Waals surface area contributed by atoms with E-state index in [1.54, 1.807) is 24.3 Å². The van der Waals surface area contributed by atoms with E-state index in [0.29, 0.717) is 17.2 Å². The van der Waals surface area contributed by atoms with Crippen molar-refractivity contribution in [1.82, 2.24) is 5.32 Å². The molecule has 0 spiro atoms. The highest BCUT2D eigenvalue weighted by Crippen LogP contribution is 2.35. The number of anilines is 1. The van der Waals surface area contributed by atoms with E-state index in [4.69, 9.17) is 9.15 Å². The van der Waals surface area contributed by atoms with Crippen molar-refractivity contribution in [3.05, 3.63) is 47.9 Å². The van der Waals surface area contributed by atoms with Crippen molar-refractivity contribution in [2.24, 2.45) is 0 Å². The Morgan fingerprint density at radius 3 is 2.84 bits per heavy atom. The highest BCUT2D eigenvalue weighted by atomic mass is 32.2. The van der Waals surface area contributed by atoms with Crippen molar-refractivity contribution < 1.29 is 22.4 Å². The second kappa shape index (κ2) is 6.79. The maximum Gasteiger partial charge on any atom is 0.261 e. The summed E-state index contributed by atoms with van der Waals surface area (Å²) in [6, 6.07) is 8.77. The molecule has 0 saturated carbocycles. The van der Waals surface area contributed by atoms with Gasteiger partial charge in [-0.3, -0.25) is 9.10 Å². The van der Waals surface area contributed by atoms with Gasteiger partial charge in [0.15, 0.2) is 6.10 Å². The third kappa shape index (κ3) is 3.96. The highest BCUT2D eigenvalue weighted by Gasteiger charge is 2.31. The molecule has 0 bridgehead atoms. The number of amides is 1. The molecule has 1 aromatic carbocycles. The van der Waals surface area contributed by atoms with Crippen LogP contribution < -0.4 is 14.4 Å². The fourth-order valence-electron chi connectivity index (χ4n) is 2.72. The van der Waals surface area contributed by atoms with Crippen LogP contribution in [0.4, 0.5) is 5.69 Å². The molecule has 1 aliphatic rings. The topological polar surface area (TPSA) is 88.9 Å². The molecule has 8 heteroatoms. The van der Waals surface area contributed by atoms with Gasteiger partial charge in [0.05, 0.1) is 24.8 Å². The molecule has 0 aliphatic carbocycles. The van der Waals surface area contributed by atoms with Gasteiger partial charge in [0.2, 0.25) is 10.0 Å². The maximum atomic E-state index is 12.4. The molecule has 0 saturated heterocycles. The molecular weight excluding hydrogens is 344 g/mol. The number of ether oxygens (including phenoxy) is 1. The molecule has 0 radical (unpaired) electrons. The second-order valence-electron chi connectivity index (χ2n) is 6.00. The van der Waals surface area contributed by atoms with Gasteiger partial charge in [-0.2, -0.15) is 0 Å². The number of hydrogen-bond acceptors (Lipinski definition) is 5. The van der Waals surface area contributed by atoms with Crippen molar-refractivity contribution >= 4 is 21.6 Å². The average Bonchev–Trinajstić information content (AvgIpc) is 2.98. The molecule has 1 aliphatic heterocycles. The Bertz CT molecular complexity index is 861. The summed E-state index contributed by atoms with van der Waals surface area (Å²) in [6.45, 7) is 2.30. The normalized spacial score (nSPS) is 17.4. The number of rotatable bonds is 4. The zero-order valence-electron chi connectivity index (χ0n) is 14.1. The first-order chi connectivity index (χ1) is 11.8. The molecule has 1 N–H and O–H groups in total. The third-order valence-corrected chi connectivity index (χ3v) is 5.14. The second-order valence-corrected chi connectivity index (χ2v) is 7.91. The lowest BCUT2D eigenvalue weighted by molar-refractivity contribution is -0.128.